The zero-order valence-corrected chi connectivity index (χ0v) is 17.8. The number of nitrogens with one attached hydrogen (secondary N) is 1. The van der Waals surface area contributed by atoms with E-state index < -0.39 is 0 Å². The third-order valence-electron chi connectivity index (χ3n) is 3.80. The third-order valence-corrected chi connectivity index (χ3v) is 4.88. The number of ether oxygens (including phenoxy) is 2. The van der Waals surface area contributed by atoms with Gasteiger partial charge < -0.3 is 14.8 Å². The summed E-state index contributed by atoms with van der Waals surface area (Å²) >= 11 is 1.55. The molecule has 2 aromatic carbocycles. The Balaban J connectivity index is 2.03. The number of carbonyl (C=O) groups excluding carboxylic acids is 1. The molecule has 0 saturated heterocycles. The molecule has 0 aliphatic rings. The van der Waals surface area contributed by atoms with Crippen molar-refractivity contribution in [3.05, 3.63) is 54.1 Å². The highest BCUT2D eigenvalue weighted by molar-refractivity contribution is 7.99. The predicted octanol–water partition coefficient (Wildman–Crippen LogP) is 5.39. The normalized spacial score (nSPS) is 10.7. The predicted molar refractivity (Wildman–Crippen MR) is 118 cm³/mol. The number of amides is 1. The van der Waals surface area contributed by atoms with E-state index in [9.17, 15) is 4.79 Å². The van der Waals surface area contributed by atoms with Gasteiger partial charge >= 0.3 is 0 Å². The SMILES string of the molecule is COc1cc(/C=C/C(=O)Nc2ccccc2SCCC#N)ccc1OCC(C)C. The Labute approximate surface area is 176 Å². The van der Waals surface area contributed by atoms with Crippen LogP contribution in [0, 0.1) is 17.2 Å². The molecule has 5 nitrogen and oxygen atoms in total. The quantitative estimate of drug-likeness (QED) is 0.323. The largest absolute Gasteiger partial charge is 0.493 e. The molecule has 1 N–H and O–H groups in total. The minimum Gasteiger partial charge on any atom is -0.493 e. The standard InChI is InChI=1S/C23H26N2O3S/c1-17(2)16-28-20-11-9-18(15-21(20)27-3)10-12-23(26)25-19-7-4-5-8-22(19)29-14-6-13-24/h4-5,7-12,15,17H,6,14,16H2,1-3H3,(H,25,26)/b12-10+. The summed E-state index contributed by atoms with van der Waals surface area (Å²) < 4.78 is 11.1. The molecule has 152 valence electrons. The summed E-state index contributed by atoms with van der Waals surface area (Å²) in [5.41, 5.74) is 1.57. The van der Waals surface area contributed by atoms with Crippen LogP contribution in [-0.4, -0.2) is 25.4 Å². The summed E-state index contributed by atoms with van der Waals surface area (Å²) in [6.07, 6.45) is 3.68. The Morgan fingerprint density at radius 3 is 2.76 bits per heavy atom. The minimum absolute atomic E-state index is 0.225. The average Bonchev–Trinajstić information content (AvgIpc) is 2.72. The maximum absolute atomic E-state index is 12.4. The Hall–Kier alpha value is -2.91. The maximum Gasteiger partial charge on any atom is 0.248 e. The summed E-state index contributed by atoms with van der Waals surface area (Å²) in [6, 6.07) is 15.3. The Morgan fingerprint density at radius 1 is 1.24 bits per heavy atom. The highest BCUT2D eigenvalue weighted by atomic mass is 32.2. The van der Waals surface area contributed by atoms with Gasteiger partial charge in [0.05, 0.1) is 25.5 Å². The Morgan fingerprint density at radius 2 is 2.03 bits per heavy atom. The lowest BCUT2D eigenvalue weighted by Crippen LogP contribution is -2.08. The number of methoxy groups -OCH3 is 1. The molecule has 29 heavy (non-hydrogen) atoms. The maximum atomic E-state index is 12.4. The average molecular weight is 411 g/mol. The van der Waals surface area contributed by atoms with Crippen molar-refractivity contribution in [3.8, 4) is 17.6 Å². The molecule has 0 atom stereocenters. The van der Waals surface area contributed by atoms with E-state index in [2.05, 4.69) is 25.2 Å². The number of thioether (sulfide) groups is 1. The van der Waals surface area contributed by atoms with Crippen LogP contribution in [0.2, 0.25) is 0 Å². The van der Waals surface area contributed by atoms with Crippen molar-refractivity contribution in [2.45, 2.75) is 25.2 Å². The number of benzene rings is 2. The fourth-order valence-corrected chi connectivity index (χ4v) is 3.27. The molecule has 0 unspecified atom stereocenters. The molecule has 0 fully saturated rings. The van der Waals surface area contributed by atoms with Crippen LogP contribution in [0.5, 0.6) is 11.5 Å². The zero-order valence-electron chi connectivity index (χ0n) is 17.0. The summed E-state index contributed by atoms with van der Waals surface area (Å²) in [7, 11) is 1.60. The molecule has 0 bridgehead atoms. The molecule has 0 saturated carbocycles. The highest BCUT2D eigenvalue weighted by Crippen LogP contribution is 2.29. The van der Waals surface area contributed by atoms with Gasteiger partial charge in [0.1, 0.15) is 0 Å². The number of hydrogen-bond donors (Lipinski definition) is 1. The second-order valence-electron chi connectivity index (χ2n) is 6.69. The van der Waals surface area contributed by atoms with Crippen LogP contribution < -0.4 is 14.8 Å². The zero-order chi connectivity index (χ0) is 21.1. The van der Waals surface area contributed by atoms with Gasteiger partial charge in [0.2, 0.25) is 5.91 Å². The van der Waals surface area contributed by atoms with Gasteiger partial charge in [-0.15, -0.1) is 11.8 Å². The first-order valence-electron chi connectivity index (χ1n) is 9.42. The van der Waals surface area contributed by atoms with Gasteiger partial charge in [0, 0.05) is 23.1 Å². The minimum atomic E-state index is -0.225. The highest BCUT2D eigenvalue weighted by Gasteiger charge is 2.07. The molecule has 0 aliphatic carbocycles. The van der Waals surface area contributed by atoms with Crippen molar-refractivity contribution in [1.82, 2.24) is 0 Å². The van der Waals surface area contributed by atoms with Crippen molar-refractivity contribution in [2.75, 3.05) is 24.8 Å². The fourth-order valence-electron chi connectivity index (χ4n) is 2.41. The molecule has 6 heteroatoms. The molecule has 0 heterocycles. The van der Waals surface area contributed by atoms with E-state index in [4.69, 9.17) is 14.7 Å². The monoisotopic (exact) mass is 410 g/mol. The number of rotatable bonds is 10. The molecule has 0 aromatic heterocycles. The van der Waals surface area contributed by atoms with E-state index in [0.717, 1.165) is 16.1 Å². The van der Waals surface area contributed by atoms with E-state index in [0.29, 0.717) is 36.2 Å². The molecule has 2 rings (SSSR count). The lowest BCUT2D eigenvalue weighted by atomic mass is 10.2. The van der Waals surface area contributed by atoms with Gasteiger partial charge in [0.15, 0.2) is 11.5 Å². The number of nitriles is 1. The van der Waals surface area contributed by atoms with E-state index in [1.54, 1.807) is 24.9 Å². The van der Waals surface area contributed by atoms with Crippen LogP contribution in [0.15, 0.2) is 53.4 Å². The van der Waals surface area contributed by atoms with Crippen molar-refractivity contribution in [1.29, 1.82) is 5.26 Å². The summed E-state index contributed by atoms with van der Waals surface area (Å²) in [5, 5.41) is 11.6. The molecule has 0 aliphatic heterocycles. The van der Waals surface area contributed by atoms with Crippen LogP contribution in [0.1, 0.15) is 25.8 Å². The topological polar surface area (TPSA) is 71.3 Å². The van der Waals surface area contributed by atoms with Crippen LogP contribution in [-0.2, 0) is 4.79 Å². The van der Waals surface area contributed by atoms with Gasteiger partial charge in [-0.2, -0.15) is 5.26 Å². The number of anilines is 1. The molecule has 0 spiro atoms. The van der Waals surface area contributed by atoms with E-state index in [-0.39, 0.29) is 5.91 Å². The van der Waals surface area contributed by atoms with E-state index in [1.165, 1.54) is 6.08 Å². The van der Waals surface area contributed by atoms with Gasteiger partial charge in [-0.1, -0.05) is 32.0 Å². The Bertz CT molecular complexity index is 888. The van der Waals surface area contributed by atoms with Gasteiger partial charge in [0.25, 0.3) is 0 Å². The van der Waals surface area contributed by atoms with Gasteiger partial charge in [-0.25, -0.2) is 0 Å². The first kappa shape index (κ1) is 22.4. The number of para-hydroxylation sites is 1. The van der Waals surface area contributed by atoms with E-state index >= 15 is 0 Å². The molecular weight excluding hydrogens is 384 g/mol. The fraction of sp³-hybridized carbons (Fsp3) is 0.304. The van der Waals surface area contributed by atoms with Crippen molar-refractivity contribution in [2.24, 2.45) is 5.92 Å². The molecule has 0 radical (unpaired) electrons. The number of hydrogen-bond acceptors (Lipinski definition) is 5. The second-order valence-corrected chi connectivity index (χ2v) is 7.83. The Kier molecular flexibility index (Phi) is 9.13. The summed E-state index contributed by atoms with van der Waals surface area (Å²) in [6.45, 7) is 4.78. The van der Waals surface area contributed by atoms with Gasteiger partial charge in [-0.05, 0) is 41.8 Å². The second kappa shape index (κ2) is 11.8. The first-order valence-corrected chi connectivity index (χ1v) is 10.4. The van der Waals surface area contributed by atoms with Crippen LogP contribution in [0.4, 0.5) is 5.69 Å². The van der Waals surface area contributed by atoms with Gasteiger partial charge in [-0.3, -0.25) is 4.79 Å². The van der Waals surface area contributed by atoms with Crippen molar-refractivity contribution in [3.63, 3.8) is 0 Å². The summed E-state index contributed by atoms with van der Waals surface area (Å²) in [5.74, 6) is 2.20. The van der Waals surface area contributed by atoms with Crippen LogP contribution in [0.3, 0.4) is 0 Å². The number of nitrogens with zero attached hydrogens (tertiary/aromatic N) is 1. The van der Waals surface area contributed by atoms with E-state index in [1.807, 2.05) is 42.5 Å². The summed E-state index contributed by atoms with van der Waals surface area (Å²) in [4.78, 5) is 13.3. The van der Waals surface area contributed by atoms with Crippen molar-refractivity contribution >= 4 is 29.4 Å². The number of carbonyl (C=O) groups is 1. The smallest absolute Gasteiger partial charge is 0.248 e. The molecule has 2 aromatic rings. The molecule has 1 amide bonds. The van der Waals surface area contributed by atoms with Crippen LogP contribution >= 0.6 is 11.8 Å². The third kappa shape index (κ3) is 7.55. The first-order chi connectivity index (χ1) is 14.0. The van der Waals surface area contributed by atoms with Crippen molar-refractivity contribution < 1.29 is 14.3 Å². The van der Waals surface area contributed by atoms with Crippen LogP contribution in [0.25, 0.3) is 6.08 Å². The lowest BCUT2D eigenvalue weighted by molar-refractivity contribution is -0.111. The molecular formula is C23H26N2O3S. The lowest BCUT2D eigenvalue weighted by Gasteiger charge is -2.12.